The first-order valence-electron chi connectivity index (χ1n) is 9.80. The van der Waals surface area contributed by atoms with Crippen molar-refractivity contribution in [1.82, 2.24) is 5.32 Å². The summed E-state index contributed by atoms with van der Waals surface area (Å²) < 4.78 is 5.61. The highest BCUT2D eigenvalue weighted by atomic mass is 35.5. The molecule has 3 N–H and O–H groups in total. The van der Waals surface area contributed by atoms with Gasteiger partial charge in [0.05, 0.1) is 0 Å². The molecule has 0 spiro atoms. The smallest absolute Gasteiger partial charge is 0.293 e. The van der Waals surface area contributed by atoms with Crippen LogP contribution < -0.4 is 11.1 Å². The molecule has 1 aliphatic carbocycles. The second-order valence-corrected chi connectivity index (χ2v) is 8.93. The summed E-state index contributed by atoms with van der Waals surface area (Å²) in [5.74, 6) is 0.586. The molecule has 2 fully saturated rings. The molecular formula is C21H33Cl3N2O2. The Labute approximate surface area is 186 Å². The van der Waals surface area contributed by atoms with Crippen LogP contribution in [0, 0.1) is 11.3 Å². The van der Waals surface area contributed by atoms with E-state index in [1.807, 2.05) is 18.2 Å². The lowest BCUT2D eigenvalue weighted by atomic mass is 9.63. The van der Waals surface area contributed by atoms with Gasteiger partial charge in [0, 0.05) is 16.0 Å². The number of carbonyl (C=O) groups excluding carboxylic acids is 1. The van der Waals surface area contributed by atoms with Crippen LogP contribution >= 0.6 is 36.4 Å². The molecular weight excluding hydrogens is 419 g/mol. The minimum atomic E-state index is -0.345. The van der Waals surface area contributed by atoms with Crippen LogP contribution in [0.2, 0.25) is 5.02 Å². The maximum Gasteiger partial charge on any atom is 0.293 e. The molecule has 1 aliphatic heterocycles. The van der Waals surface area contributed by atoms with Crippen molar-refractivity contribution in [2.24, 2.45) is 17.1 Å². The SMILES string of the molecule is CC1(C(CC2CCCNC2)OC=O)CCC(N)(c2cccc(Cl)c2)CC1.Cl.Cl. The molecule has 1 aromatic carbocycles. The minimum Gasteiger partial charge on any atom is -0.464 e. The van der Waals surface area contributed by atoms with Crippen molar-refractivity contribution in [3.8, 4) is 0 Å². The van der Waals surface area contributed by atoms with Crippen molar-refractivity contribution >= 4 is 42.9 Å². The molecule has 3 rings (SSSR count). The Morgan fingerprint density at radius 1 is 1.32 bits per heavy atom. The summed E-state index contributed by atoms with van der Waals surface area (Å²) in [6, 6.07) is 7.90. The van der Waals surface area contributed by atoms with Crippen LogP contribution in [0.15, 0.2) is 24.3 Å². The van der Waals surface area contributed by atoms with E-state index in [1.165, 1.54) is 12.8 Å². The third kappa shape index (κ3) is 5.99. The number of nitrogens with one attached hydrogen (secondary N) is 1. The Kier molecular flexibility index (Phi) is 10.1. The predicted octanol–water partition coefficient (Wildman–Crippen LogP) is 4.85. The fraction of sp³-hybridized carbons (Fsp3) is 0.667. The van der Waals surface area contributed by atoms with Crippen LogP contribution in [0.5, 0.6) is 0 Å². The van der Waals surface area contributed by atoms with Crippen LogP contribution in [-0.2, 0) is 15.1 Å². The van der Waals surface area contributed by atoms with Gasteiger partial charge in [-0.2, -0.15) is 0 Å². The number of benzene rings is 1. The van der Waals surface area contributed by atoms with E-state index in [2.05, 4.69) is 18.3 Å². The van der Waals surface area contributed by atoms with E-state index < -0.39 is 0 Å². The molecule has 0 aromatic heterocycles. The van der Waals surface area contributed by atoms with Crippen molar-refractivity contribution in [3.63, 3.8) is 0 Å². The third-order valence-electron chi connectivity index (χ3n) is 6.63. The zero-order valence-electron chi connectivity index (χ0n) is 16.5. The fourth-order valence-corrected chi connectivity index (χ4v) is 4.87. The van der Waals surface area contributed by atoms with Gasteiger partial charge in [-0.25, -0.2) is 0 Å². The molecule has 7 heteroatoms. The zero-order valence-corrected chi connectivity index (χ0v) is 18.9. The molecule has 0 amide bonds. The van der Waals surface area contributed by atoms with E-state index in [1.54, 1.807) is 0 Å². The Morgan fingerprint density at radius 3 is 2.61 bits per heavy atom. The largest absolute Gasteiger partial charge is 0.464 e. The monoisotopic (exact) mass is 450 g/mol. The average Bonchev–Trinajstić information content (AvgIpc) is 2.65. The lowest BCUT2D eigenvalue weighted by Gasteiger charge is -2.47. The second-order valence-electron chi connectivity index (χ2n) is 8.49. The molecule has 0 bridgehead atoms. The van der Waals surface area contributed by atoms with E-state index in [9.17, 15) is 4.79 Å². The number of carbonyl (C=O) groups is 1. The van der Waals surface area contributed by atoms with Crippen LogP contribution in [0.4, 0.5) is 0 Å². The molecule has 2 aliphatic rings. The van der Waals surface area contributed by atoms with Gasteiger partial charge < -0.3 is 15.8 Å². The minimum absolute atomic E-state index is 0. The molecule has 160 valence electrons. The van der Waals surface area contributed by atoms with E-state index in [0.717, 1.165) is 55.8 Å². The van der Waals surface area contributed by atoms with Crippen molar-refractivity contribution < 1.29 is 9.53 Å². The number of nitrogens with two attached hydrogens (primary N) is 1. The van der Waals surface area contributed by atoms with Crippen LogP contribution in [0.25, 0.3) is 0 Å². The standard InChI is InChI=1S/C21H31ClN2O2.2ClH/c1-20(19(26-15-25)12-16-4-3-11-24-14-16)7-9-21(23,10-8-20)17-5-2-6-18(22)13-17;;/h2,5-6,13,15-16,19,24H,3-4,7-12,14,23H2,1H3;2*1H. The van der Waals surface area contributed by atoms with E-state index in [-0.39, 0.29) is 41.9 Å². The van der Waals surface area contributed by atoms with Gasteiger partial charge in [0.2, 0.25) is 0 Å². The van der Waals surface area contributed by atoms with Crippen molar-refractivity contribution in [1.29, 1.82) is 0 Å². The van der Waals surface area contributed by atoms with E-state index in [0.29, 0.717) is 12.4 Å². The summed E-state index contributed by atoms with van der Waals surface area (Å²) in [5.41, 5.74) is 7.50. The van der Waals surface area contributed by atoms with Gasteiger partial charge in [0.25, 0.3) is 6.47 Å². The highest BCUT2D eigenvalue weighted by molar-refractivity contribution is 6.30. The number of ether oxygens (including phenoxy) is 1. The first-order chi connectivity index (χ1) is 12.5. The summed E-state index contributed by atoms with van der Waals surface area (Å²) in [6.07, 6.45) is 6.99. The Bertz CT molecular complexity index is 615. The Hall–Kier alpha value is -0.520. The first kappa shape index (κ1) is 25.5. The van der Waals surface area contributed by atoms with E-state index >= 15 is 0 Å². The fourth-order valence-electron chi connectivity index (χ4n) is 4.68. The summed E-state index contributed by atoms with van der Waals surface area (Å²) in [6.45, 7) is 5.02. The average molecular weight is 452 g/mol. The number of piperidine rings is 1. The molecule has 4 nitrogen and oxygen atoms in total. The number of hydrogen-bond donors (Lipinski definition) is 2. The van der Waals surface area contributed by atoms with Gasteiger partial charge in [0.15, 0.2) is 0 Å². The Balaban J connectivity index is 0.00000196. The van der Waals surface area contributed by atoms with Gasteiger partial charge >= 0.3 is 0 Å². The Morgan fingerprint density at radius 2 is 2.04 bits per heavy atom. The van der Waals surface area contributed by atoms with Crippen LogP contribution in [0.1, 0.15) is 57.4 Å². The van der Waals surface area contributed by atoms with Gasteiger partial charge in [-0.15, -0.1) is 24.8 Å². The quantitative estimate of drug-likeness (QED) is 0.607. The molecule has 2 atom stereocenters. The van der Waals surface area contributed by atoms with Crippen molar-refractivity contribution in [2.45, 2.75) is 63.5 Å². The molecule has 1 heterocycles. The number of rotatable bonds is 6. The topological polar surface area (TPSA) is 64.3 Å². The number of hydrogen-bond acceptors (Lipinski definition) is 4. The van der Waals surface area contributed by atoms with Crippen molar-refractivity contribution in [2.75, 3.05) is 13.1 Å². The third-order valence-corrected chi connectivity index (χ3v) is 6.86. The lowest BCUT2D eigenvalue weighted by molar-refractivity contribution is -0.144. The molecule has 2 unspecified atom stereocenters. The lowest BCUT2D eigenvalue weighted by Crippen LogP contribution is -2.48. The molecule has 1 saturated heterocycles. The van der Waals surface area contributed by atoms with Gasteiger partial charge in [0.1, 0.15) is 6.10 Å². The normalized spacial score (nSPS) is 31.0. The van der Waals surface area contributed by atoms with Crippen molar-refractivity contribution in [3.05, 3.63) is 34.9 Å². The first-order valence-corrected chi connectivity index (χ1v) is 10.2. The molecule has 1 aromatic rings. The zero-order chi connectivity index (χ0) is 18.6. The van der Waals surface area contributed by atoms with Gasteiger partial charge in [-0.05, 0) is 81.6 Å². The molecule has 1 saturated carbocycles. The van der Waals surface area contributed by atoms with E-state index in [4.69, 9.17) is 22.1 Å². The van der Waals surface area contributed by atoms with Gasteiger partial charge in [-0.3, -0.25) is 4.79 Å². The predicted molar refractivity (Wildman–Crippen MR) is 120 cm³/mol. The summed E-state index contributed by atoms with van der Waals surface area (Å²) in [7, 11) is 0. The van der Waals surface area contributed by atoms with Crippen LogP contribution in [0.3, 0.4) is 0 Å². The summed E-state index contributed by atoms with van der Waals surface area (Å²) >= 11 is 6.16. The van der Waals surface area contributed by atoms with Gasteiger partial charge in [-0.1, -0.05) is 30.7 Å². The second kappa shape index (κ2) is 11.0. The number of halogens is 3. The highest BCUT2D eigenvalue weighted by Crippen LogP contribution is 2.48. The highest BCUT2D eigenvalue weighted by Gasteiger charge is 2.44. The maximum atomic E-state index is 11.2. The summed E-state index contributed by atoms with van der Waals surface area (Å²) in [5, 5.41) is 4.19. The van der Waals surface area contributed by atoms with Crippen LogP contribution in [-0.4, -0.2) is 25.7 Å². The molecule has 0 radical (unpaired) electrons. The molecule has 28 heavy (non-hydrogen) atoms. The summed E-state index contributed by atoms with van der Waals surface area (Å²) in [4.78, 5) is 11.2. The maximum absolute atomic E-state index is 11.2.